The highest BCUT2D eigenvalue weighted by Gasteiger charge is 2.36. The fourth-order valence-electron chi connectivity index (χ4n) is 1.46. The standard InChI is InChI=1S/C14H27O6P/c1-7-17-12(15)10-11(13(16)20-14(4,5)6)21(18-8-2)19-9-3/h11H,7-10H2,1-6H3. The third-order valence-corrected chi connectivity index (χ3v) is 4.04. The number of carbonyl (C=O) groups is 2. The fraction of sp³-hybridized carbons (Fsp3) is 0.857. The van der Waals surface area contributed by atoms with Crippen LogP contribution in [0.1, 0.15) is 48.0 Å². The number of rotatable bonds is 9. The van der Waals surface area contributed by atoms with Crippen LogP contribution in [0.5, 0.6) is 0 Å². The molecule has 6 nitrogen and oxygen atoms in total. The molecule has 0 N–H and O–H groups in total. The van der Waals surface area contributed by atoms with E-state index in [0.717, 1.165) is 0 Å². The van der Waals surface area contributed by atoms with Gasteiger partial charge in [-0.2, -0.15) is 0 Å². The molecule has 21 heavy (non-hydrogen) atoms. The van der Waals surface area contributed by atoms with Crippen LogP contribution in [0.25, 0.3) is 0 Å². The molecule has 0 aliphatic heterocycles. The van der Waals surface area contributed by atoms with Gasteiger partial charge in [0.05, 0.1) is 26.2 Å². The van der Waals surface area contributed by atoms with Crippen molar-refractivity contribution in [3.63, 3.8) is 0 Å². The molecule has 0 amide bonds. The molecular weight excluding hydrogens is 295 g/mol. The van der Waals surface area contributed by atoms with Gasteiger partial charge in [-0.15, -0.1) is 0 Å². The van der Waals surface area contributed by atoms with Crippen molar-refractivity contribution in [2.24, 2.45) is 0 Å². The van der Waals surface area contributed by atoms with E-state index in [2.05, 4.69) is 0 Å². The van der Waals surface area contributed by atoms with Gasteiger partial charge >= 0.3 is 11.9 Å². The highest BCUT2D eigenvalue weighted by molar-refractivity contribution is 7.49. The summed E-state index contributed by atoms with van der Waals surface area (Å²) < 4.78 is 21.3. The van der Waals surface area contributed by atoms with Crippen molar-refractivity contribution in [1.29, 1.82) is 0 Å². The monoisotopic (exact) mass is 322 g/mol. The molecule has 1 unspecified atom stereocenters. The number of esters is 2. The van der Waals surface area contributed by atoms with Crippen LogP contribution >= 0.6 is 8.38 Å². The van der Waals surface area contributed by atoms with Gasteiger partial charge in [0.1, 0.15) is 11.3 Å². The summed E-state index contributed by atoms with van der Waals surface area (Å²) in [5, 5.41) is 0. The minimum absolute atomic E-state index is 0.103. The molecule has 0 aromatic carbocycles. The summed E-state index contributed by atoms with van der Waals surface area (Å²) in [5.41, 5.74) is -1.41. The topological polar surface area (TPSA) is 71.1 Å². The highest BCUT2D eigenvalue weighted by Crippen LogP contribution is 2.46. The van der Waals surface area contributed by atoms with Gasteiger partial charge < -0.3 is 18.5 Å². The van der Waals surface area contributed by atoms with Crippen LogP contribution in [0.3, 0.4) is 0 Å². The third kappa shape index (κ3) is 9.02. The van der Waals surface area contributed by atoms with Crippen LogP contribution in [0, 0.1) is 0 Å². The molecule has 7 heteroatoms. The Kier molecular flexibility index (Phi) is 9.75. The van der Waals surface area contributed by atoms with E-state index < -0.39 is 31.6 Å². The molecule has 0 rings (SSSR count). The summed E-state index contributed by atoms with van der Waals surface area (Å²) in [5.74, 6) is -0.955. The number of hydrogen-bond acceptors (Lipinski definition) is 6. The van der Waals surface area contributed by atoms with Gasteiger partial charge in [-0.1, -0.05) is 0 Å². The summed E-state index contributed by atoms with van der Waals surface area (Å²) in [6.45, 7) is 11.7. The van der Waals surface area contributed by atoms with E-state index in [4.69, 9.17) is 18.5 Å². The van der Waals surface area contributed by atoms with Crippen molar-refractivity contribution in [2.75, 3.05) is 19.8 Å². The minimum Gasteiger partial charge on any atom is -0.466 e. The second-order valence-corrected chi connectivity index (χ2v) is 6.89. The lowest BCUT2D eigenvalue weighted by Gasteiger charge is -2.27. The van der Waals surface area contributed by atoms with Gasteiger partial charge in [-0.3, -0.25) is 9.59 Å². The lowest BCUT2D eigenvalue weighted by Crippen LogP contribution is -2.33. The van der Waals surface area contributed by atoms with E-state index in [0.29, 0.717) is 13.2 Å². The molecule has 0 aromatic heterocycles. The summed E-state index contributed by atoms with van der Waals surface area (Å²) in [6.07, 6.45) is -0.103. The van der Waals surface area contributed by atoms with Crippen LogP contribution in [-0.2, 0) is 28.1 Å². The second-order valence-electron chi connectivity index (χ2n) is 5.18. The summed E-state index contributed by atoms with van der Waals surface area (Å²) in [7, 11) is -1.54. The molecule has 0 aliphatic carbocycles. The van der Waals surface area contributed by atoms with Crippen molar-refractivity contribution < 1.29 is 28.1 Å². The van der Waals surface area contributed by atoms with Crippen molar-refractivity contribution >= 4 is 20.3 Å². The Labute approximate surface area is 128 Å². The van der Waals surface area contributed by atoms with Crippen molar-refractivity contribution in [3.05, 3.63) is 0 Å². The molecule has 0 aromatic rings. The maximum atomic E-state index is 12.3. The van der Waals surface area contributed by atoms with Crippen molar-refractivity contribution in [3.8, 4) is 0 Å². The first-order valence-corrected chi connectivity index (χ1v) is 8.43. The average molecular weight is 322 g/mol. The Morgan fingerprint density at radius 1 is 1.00 bits per heavy atom. The van der Waals surface area contributed by atoms with Crippen LogP contribution in [0.4, 0.5) is 0 Å². The van der Waals surface area contributed by atoms with Crippen LogP contribution in [0.15, 0.2) is 0 Å². The molecule has 0 heterocycles. The Morgan fingerprint density at radius 3 is 1.90 bits per heavy atom. The van der Waals surface area contributed by atoms with Gasteiger partial charge in [0.25, 0.3) is 0 Å². The zero-order chi connectivity index (χ0) is 16.5. The Bertz CT molecular complexity index is 320. The molecule has 0 radical (unpaired) electrons. The van der Waals surface area contributed by atoms with Gasteiger partial charge in [0, 0.05) is 0 Å². The molecule has 0 bridgehead atoms. The number of ether oxygens (including phenoxy) is 2. The van der Waals surface area contributed by atoms with Gasteiger partial charge in [-0.05, 0) is 41.5 Å². The Hall–Kier alpha value is -0.710. The normalized spacial score (nSPS) is 13.1. The van der Waals surface area contributed by atoms with Crippen LogP contribution in [-0.4, -0.2) is 43.0 Å². The summed E-state index contributed by atoms with van der Waals surface area (Å²) in [6, 6.07) is 0. The predicted octanol–water partition coefficient (Wildman–Crippen LogP) is 3.03. The van der Waals surface area contributed by atoms with Crippen LogP contribution < -0.4 is 0 Å². The van der Waals surface area contributed by atoms with E-state index in [9.17, 15) is 9.59 Å². The van der Waals surface area contributed by atoms with Gasteiger partial charge in [-0.25, -0.2) is 0 Å². The Morgan fingerprint density at radius 2 is 1.52 bits per heavy atom. The quantitative estimate of drug-likeness (QED) is 0.480. The molecule has 0 spiro atoms. The fourth-order valence-corrected chi connectivity index (χ4v) is 2.93. The van der Waals surface area contributed by atoms with E-state index in [1.165, 1.54) is 0 Å². The molecule has 0 saturated carbocycles. The molecule has 1 atom stereocenters. The lowest BCUT2D eigenvalue weighted by atomic mass is 10.2. The van der Waals surface area contributed by atoms with Crippen molar-refractivity contribution in [1.82, 2.24) is 0 Å². The molecular formula is C14H27O6P. The molecule has 0 saturated heterocycles. The zero-order valence-electron chi connectivity index (χ0n) is 13.8. The SMILES string of the molecule is CCOC(=O)CC(C(=O)OC(C)(C)C)P(OCC)OCC. The van der Waals surface area contributed by atoms with Crippen molar-refractivity contribution in [2.45, 2.75) is 59.2 Å². The van der Waals surface area contributed by atoms with E-state index in [1.807, 2.05) is 13.8 Å². The first-order chi connectivity index (χ1) is 9.75. The average Bonchev–Trinajstić information content (AvgIpc) is 2.34. The largest absolute Gasteiger partial charge is 0.466 e. The maximum absolute atomic E-state index is 12.3. The highest BCUT2D eigenvalue weighted by atomic mass is 31.2. The van der Waals surface area contributed by atoms with E-state index in [-0.39, 0.29) is 13.0 Å². The van der Waals surface area contributed by atoms with Crippen LogP contribution in [0.2, 0.25) is 0 Å². The second kappa shape index (κ2) is 10.1. The molecule has 0 aliphatic rings. The predicted molar refractivity (Wildman–Crippen MR) is 81.1 cm³/mol. The maximum Gasteiger partial charge on any atom is 0.319 e. The molecule has 124 valence electrons. The summed E-state index contributed by atoms with van der Waals surface area (Å²) in [4.78, 5) is 24.0. The smallest absolute Gasteiger partial charge is 0.319 e. The molecule has 0 fully saturated rings. The zero-order valence-corrected chi connectivity index (χ0v) is 14.7. The lowest BCUT2D eigenvalue weighted by molar-refractivity contribution is -0.157. The van der Waals surface area contributed by atoms with E-state index >= 15 is 0 Å². The van der Waals surface area contributed by atoms with E-state index in [1.54, 1.807) is 27.7 Å². The van der Waals surface area contributed by atoms with Gasteiger partial charge in [0.15, 0.2) is 8.38 Å². The summed E-state index contributed by atoms with van der Waals surface area (Å²) >= 11 is 0. The van der Waals surface area contributed by atoms with Gasteiger partial charge in [0.2, 0.25) is 0 Å². The number of hydrogen-bond donors (Lipinski definition) is 0. The third-order valence-electron chi connectivity index (χ3n) is 2.11. The first kappa shape index (κ1) is 20.3. The number of carbonyl (C=O) groups excluding carboxylic acids is 2. The minimum atomic E-state index is -1.54. The first-order valence-electron chi connectivity index (χ1n) is 7.18. The Balaban J connectivity index is 5.03.